The lowest BCUT2D eigenvalue weighted by Crippen LogP contribution is -2.32. The Bertz CT molecular complexity index is 466. The van der Waals surface area contributed by atoms with E-state index in [9.17, 15) is 4.79 Å². The molecule has 19 heavy (non-hydrogen) atoms. The van der Waals surface area contributed by atoms with Gasteiger partial charge >= 0.3 is 0 Å². The van der Waals surface area contributed by atoms with Crippen LogP contribution in [-0.2, 0) is 0 Å². The zero-order valence-corrected chi connectivity index (χ0v) is 11.8. The minimum absolute atomic E-state index is 0.0256. The van der Waals surface area contributed by atoms with Crippen molar-refractivity contribution in [3.63, 3.8) is 0 Å². The zero-order valence-electron chi connectivity index (χ0n) is 11.8. The standard InChI is InChI=1S/C16H22N2O/c1-5-11-17-15-10-8-7-9-14(15)16(19)18(6-2)12-13(3)4/h5,7-10,17H,1,3,6,11-12H2,2,4H3. The number of hydrogen-bond donors (Lipinski definition) is 1. The maximum Gasteiger partial charge on any atom is 0.256 e. The molecule has 0 aliphatic carbocycles. The van der Waals surface area contributed by atoms with Gasteiger partial charge in [0.2, 0.25) is 0 Å². The molecule has 1 N–H and O–H groups in total. The van der Waals surface area contributed by atoms with E-state index in [1.807, 2.05) is 38.1 Å². The molecule has 1 aromatic rings. The van der Waals surface area contributed by atoms with E-state index in [4.69, 9.17) is 0 Å². The highest BCUT2D eigenvalue weighted by Gasteiger charge is 2.16. The Kier molecular flexibility index (Phi) is 5.86. The summed E-state index contributed by atoms with van der Waals surface area (Å²) in [6.07, 6.45) is 1.77. The lowest BCUT2D eigenvalue weighted by molar-refractivity contribution is 0.0779. The van der Waals surface area contributed by atoms with Crippen molar-refractivity contribution in [2.24, 2.45) is 0 Å². The molecule has 1 amide bonds. The third-order valence-corrected chi connectivity index (χ3v) is 2.72. The molecule has 1 aromatic carbocycles. The molecule has 0 fully saturated rings. The number of hydrogen-bond acceptors (Lipinski definition) is 2. The molecule has 0 atom stereocenters. The smallest absolute Gasteiger partial charge is 0.256 e. The maximum atomic E-state index is 12.5. The molecule has 0 aliphatic heterocycles. The molecule has 0 unspecified atom stereocenters. The van der Waals surface area contributed by atoms with Gasteiger partial charge in [0.15, 0.2) is 0 Å². The third kappa shape index (κ3) is 4.28. The van der Waals surface area contributed by atoms with Crippen molar-refractivity contribution in [2.45, 2.75) is 13.8 Å². The molecule has 0 saturated carbocycles. The van der Waals surface area contributed by atoms with Crippen LogP contribution < -0.4 is 5.32 Å². The Morgan fingerprint density at radius 2 is 2.11 bits per heavy atom. The van der Waals surface area contributed by atoms with Crippen molar-refractivity contribution in [2.75, 3.05) is 25.0 Å². The fourth-order valence-electron chi connectivity index (χ4n) is 1.83. The molecule has 0 bridgehead atoms. The SMILES string of the molecule is C=CCNc1ccccc1C(=O)N(CC)CC(=C)C. The summed E-state index contributed by atoms with van der Waals surface area (Å²) in [4.78, 5) is 14.3. The molecule has 3 heteroatoms. The molecule has 3 nitrogen and oxygen atoms in total. The van der Waals surface area contributed by atoms with Gasteiger partial charge in [0.25, 0.3) is 5.91 Å². The first-order valence-electron chi connectivity index (χ1n) is 6.47. The topological polar surface area (TPSA) is 32.3 Å². The van der Waals surface area contributed by atoms with Crippen LogP contribution in [0.2, 0.25) is 0 Å². The Morgan fingerprint density at radius 1 is 1.42 bits per heavy atom. The summed E-state index contributed by atoms with van der Waals surface area (Å²) in [5.41, 5.74) is 2.51. The Hall–Kier alpha value is -2.03. The van der Waals surface area contributed by atoms with Crippen LogP contribution in [0.15, 0.2) is 49.1 Å². The summed E-state index contributed by atoms with van der Waals surface area (Å²) in [5.74, 6) is 0.0256. The van der Waals surface area contributed by atoms with E-state index in [2.05, 4.69) is 18.5 Å². The number of anilines is 1. The molecule has 0 aliphatic rings. The van der Waals surface area contributed by atoms with Crippen molar-refractivity contribution in [1.29, 1.82) is 0 Å². The number of carbonyl (C=O) groups is 1. The monoisotopic (exact) mass is 258 g/mol. The van der Waals surface area contributed by atoms with E-state index in [-0.39, 0.29) is 5.91 Å². The van der Waals surface area contributed by atoms with Gasteiger partial charge in [-0.1, -0.05) is 30.4 Å². The van der Waals surface area contributed by atoms with Crippen LogP contribution in [-0.4, -0.2) is 30.4 Å². The lowest BCUT2D eigenvalue weighted by Gasteiger charge is -2.22. The van der Waals surface area contributed by atoms with Crippen LogP contribution in [0.25, 0.3) is 0 Å². The molecule has 0 aromatic heterocycles. The third-order valence-electron chi connectivity index (χ3n) is 2.72. The average Bonchev–Trinajstić information content (AvgIpc) is 2.41. The van der Waals surface area contributed by atoms with Gasteiger partial charge in [-0.05, 0) is 26.0 Å². The number of rotatable bonds is 7. The Morgan fingerprint density at radius 3 is 2.68 bits per heavy atom. The lowest BCUT2D eigenvalue weighted by atomic mass is 10.1. The molecule has 0 spiro atoms. The van der Waals surface area contributed by atoms with Gasteiger partial charge < -0.3 is 10.2 Å². The first kappa shape index (κ1) is 15.0. The van der Waals surface area contributed by atoms with Crippen molar-refractivity contribution >= 4 is 11.6 Å². The van der Waals surface area contributed by atoms with E-state index < -0.39 is 0 Å². The summed E-state index contributed by atoms with van der Waals surface area (Å²) < 4.78 is 0. The van der Waals surface area contributed by atoms with Crippen LogP contribution in [0.4, 0.5) is 5.69 Å². The van der Waals surface area contributed by atoms with Crippen molar-refractivity contribution < 1.29 is 4.79 Å². The van der Waals surface area contributed by atoms with Gasteiger partial charge in [0.05, 0.1) is 5.56 Å². The summed E-state index contributed by atoms with van der Waals surface area (Å²) >= 11 is 0. The molecule has 102 valence electrons. The summed E-state index contributed by atoms with van der Waals surface area (Å²) in [6, 6.07) is 7.54. The maximum absolute atomic E-state index is 12.5. The second kappa shape index (κ2) is 7.41. The molecular formula is C16H22N2O. The highest BCUT2D eigenvalue weighted by Crippen LogP contribution is 2.17. The van der Waals surface area contributed by atoms with E-state index in [1.54, 1.807) is 11.0 Å². The van der Waals surface area contributed by atoms with Gasteiger partial charge in [-0.3, -0.25) is 4.79 Å². The first-order valence-corrected chi connectivity index (χ1v) is 6.47. The largest absolute Gasteiger partial charge is 0.381 e. The molecule has 0 radical (unpaired) electrons. The number of para-hydroxylation sites is 1. The second-order valence-corrected chi connectivity index (χ2v) is 4.49. The predicted molar refractivity (Wildman–Crippen MR) is 81.5 cm³/mol. The zero-order chi connectivity index (χ0) is 14.3. The molecule has 1 rings (SSSR count). The van der Waals surface area contributed by atoms with Crippen molar-refractivity contribution in [3.05, 3.63) is 54.6 Å². The van der Waals surface area contributed by atoms with E-state index >= 15 is 0 Å². The Balaban J connectivity index is 2.96. The van der Waals surface area contributed by atoms with Gasteiger partial charge in [0.1, 0.15) is 0 Å². The summed E-state index contributed by atoms with van der Waals surface area (Å²) in [6.45, 7) is 13.3. The van der Waals surface area contributed by atoms with Gasteiger partial charge in [-0.25, -0.2) is 0 Å². The second-order valence-electron chi connectivity index (χ2n) is 4.49. The van der Waals surface area contributed by atoms with Crippen LogP contribution in [0.3, 0.4) is 0 Å². The number of amides is 1. The van der Waals surface area contributed by atoms with Crippen molar-refractivity contribution in [1.82, 2.24) is 4.90 Å². The van der Waals surface area contributed by atoms with Gasteiger partial charge in [0, 0.05) is 25.3 Å². The fourth-order valence-corrected chi connectivity index (χ4v) is 1.83. The number of likely N-dealkylation sites (N-methyl/N-ethyl adjacent to an activating group) is 1. The summed E-state index contributed by atoms with van der Waals surface area (Å²) in [5, 5.41) is 3.19. The average molecular weight is 258 g/mol. The highest BCUT2D eigenvalue weighted by molar-refractivity contribution is 5.99. The predicted octanol–water partition coefficient (Wildman–Crippen LogP) is 3.32. The van der Waals surface area contributed by atoms with Crippen LogP contribution in [0.5, 0.6) is 0 Å². The molecule has 0 saturated heterocycles. The Labute approximate surface area is 115 Å². The number of nitrogens with one attached hydrogen (secondary N) is 1. The van der Waals surface area contributed by atoms with Gasteiger partial charge in [-0.2, -0.15) is 0 Å². The minimum Gasteiger partial charge on any atom is -0.381 e. The fraction of sp³-hybridized carbons (Fsp3) is 0.312. The van der Waals surface area contributed by atoms with Crippen LogP contribution in [0, 0.1) is 0 Å². The van der Waals surface area contributed by atoms with E-state index in [0.29, 0.717) is 25.2 Å². The van der Waals surface area contributed by atoms with E-state index in [0.717, 1.165) is 11.3 Å². The van der Waals surface area contributed by atoms with Crippen molar-refractivity contribution in [3.8, 4) is 0 Å². The summed E-state index contributed by atoms with van der Waals surface area (Å²) in [7, 11) is 0. The molecular weight excluding hydrogens is 236 g/mol. The minimum atomic E-state index is 0.0256. The highest BCUT2D eigenvalue weighted by atomic mass is 16.2. The first-order chi connectivity index (χ1) is 9.10. The van der Waals surface area contributed by atoms with Crippen LogP contribution in [0.1, 0.15) is 24.2 Å². The quantitative estimate of drug-likeness (QED) is 0.761. The number of nitrogens with zero attached hydrogens (tertiary/aromatic N) is 1. The number of carbonyl (C=O) groups excluding carboxylic acids is 1. The van der Waals surface area contributed by atoms with E-state index in [1.165, 1.54) is 0 Å². The van der Waals surface area contributed by atoms with Gasteiger partial charge in [-0.15, -0.1) is 6.58 Å². The van der Waals surface area contributed by atoms with Crippen LogP contribution >= 0.6 is 0 Å². The number of benzene rings is 1. The normalized spacial score (nSPS) is 9.79. The molecule has 0 heterocycles.